The Morgan fingerprint density at radius 3 is 2.73 bits per heavy atom. The largest absolute Gasteiger partial charge is 0.465 e. The number of amides is 1. The number of hydrogen-bond donors (Lipinski definition) is 0. The molecule has 0 aromatic heterocycles. The van der Waals surface area contributed by atoms with Crippen molar-refractivity contribution in [1.29, 1.82) is 0 Å². The van der Waals surface area contributed by atoms with Gasteiger partial charge in [-0.15, -0.1) is 0 Å². The fourth-order valence-electron chi connectivity index (χ4n) is 4.29. The van der Waals surface area contributed by atoms with Gasteiger partial charge in [-0.1, -0.05) is 18.2 Å². The Morgan fingerprint density at radius 1 is 1.27 bits per heavy atom. The molecule has 1 amide bonds. The van der Waals surface area contributed by atoms with Gasteiger partial charge in [-0.25, -0.2) is 0 Å². The fraction of sp³-hybridized carbons (Fsp3) is 0.526. The van der Waals surface area contributed by atoms with Gasteiger partial charge in [0.1, 0.15) is 5.75 Å². The first-order valence-corrected chi connectivity index (χ1v) is 8.94. The molecule has 0 N–H and O–H groups in total. The van der Waals surface area contributed by atoms with Crippen LogP contribution in [0.15, 0.2) is 24.3 Å². The van der Waals surface area contributed by atoms with E-state index < -0.39 is 29.2 Å². The number of hydrogen-bond acceptors (Lipinski definition) is 6. The summed E-state index contributed by atoms with van der Waals surface area (Å²) >= 11 is 0. The molecular weight excluding hydrogens is 338 g/mol. The van der Waals surface area contributed by atoms with Gasteiger partial charge in [0.15, 0.2) is 5.41 Å². The van der Waals surface area contributed by atoms with Gasteiger partial charge in [0.05, 0.1) is 19.8 Å². The lowest BCUT2D eigenvalue weighted by molar-refractivity contribution is -0.187. The highest BCUT2D eigenvalue weighted by molar-refractivity contribution is 6.07. The molecule has 1 aliphatic carbocycles. The Hall–Kier alpha value is -2.41. The maximum atomic E-state index is 13.0. The van der Waals surface area contributed by atoms with Gasteiger partial charge in [-0.3, -0.25) is 14.4 Å². The van der Waals surface area contributed by atoms with E-state index in [1.807, 2.05) is 12.1 Å². The van der Waals surface area contributed by atoms with Crippen LogP contribution in [0.2, 0.25) is 0 Å². The predicted molar refractivity (Wildman–Crippen MR) is 89.4 cm³/mol. The van der Waals surface area contributed by atoms with Crippen LogP contribution in [-0.4, -0.2) is 55.7 Å². The zero-order chi connectivity index (χ0) is 18.3. The molecule has 3 atom stereocenters. The predicted octanol–water partition coefficient (Wildman–Crippen LogP) is 1.12. The first-order valence-electron chi connectivity index (χ1n) is 8.94. The highest BCUT2D eigenvalue weighted by Gasteiger charge is 2.70. The Kier molecular flexibility index (Phi) is 4.19. The molecule has 1 saturated carbocycles. The van der Waals surface area contributed by atoms with Gasteiger partial charge in [-0.05, 0) is 19.4 Å². The summed E-state index contributed by atoms with van der Waals surface area (Å²) in [4.78, 5) is 40.2. The monoisotopic (exact) mass is 359 g/mol. The fourth-order valence-corrected chi connectivity index (χ4v) is 4.29. The summed E-state index contributed by atoms with van der Waals surface area (Å²) in [7, 11) is 0. The molecule has 2 heterocycles. The van der Waals surface area contributed by atoms with Crippen LogP contribution in [-0.2, 0) is 23.9 Å². The molecule has 1 aromatic rings. The quantitative estimate of drug-likeness (QED) is 0.457. The van der Waals surface area contributed by atoms with Gasteiger partial charge in [0.2, 0.25) is 5.91 Å². The van der Waals surface area contributed by atoms with E-state index >= 15 is 0 Å². The summed E-state index contributed by atoms with van der Waals surface area (Å²) in [6.45, 7) is 3.93. The minimum Gasteiger partial charge on any atom is -0.465 e. The molecule has 26 heavy (non-hydrogen) atoms. The van der Waals surface area contributed by atoms with E-state index in [2.05, 4.69) is 0 Å². The van der Waals surface area contributed by atoms with Gasteiger partial charge < -0.3 is 19.1 Å². The molecule has 1 saturated heterocycles. The second-order valence-corrected chi connectivity index (χ2v) is 6.85. The molecule has 4 rings (SSSR count). The second-order valence-electron chi connectivity index (χ2n) is 6.85. The maximum Gasteiger partial charge on any atom is 0.329 e. The third kappa shape index (κ3) is 2.34. The lowest BCUT2D eigenvalue weighted by Gasteiger charge is -2.53. The smallest absolute Gasteiger partial charge is 0.329 e. The number of ether oxygens (including phenoxy) is 3. The Balaban J connectivity index is 1.71. The third-order valence-electron chi connectivity index (χ3n) is 5.58. The SMILES string of the molecule is CCOC(=O)[C@]12C[C@@H](C(=O)N3CCOCC3)[C@H]1c1ccccc1OC2=O. The van der Waals surface area contributed by atoms with Crippen molar-refractivity contribution in [3.63, 3.8) is 0 Å². The number of esters is 2. The van der Waals surface area contributed by atoms with Crippen LogP contribution in [0.1, 0.15) is 24.8 Å². The van der Waals surface area contributed by atoms with Crippen LogP contribution in [0.4, 0.5) is 0 Å². The third-order valence-corrected chi connectivity index (χ3v) is 5.58. The Bertz CT molecular complexity index is 756. The van der Waals surface area contributed by atoms with E-state index in [4.69, 9.17) is 14.2 Å². The van der Waals surface area contributed by atoms with E-state index in [0.717, 1.165) is 5.56 Å². The number of nitrogens with zero attached hydrogens (tertiary/aromatic N) is 1. The van der Waals surface area contributed by atoms with Crippen molar-refractivity contribution in [2.24, 2.45) is 11.3 Å². The van der Waals surface area contributed by atoms with Crippen LogP contribution in [0.5, 0.6) is 5.75 Å². The molecule has 138 valence electrons. The second kappa shape index (κ2) is 6.39. The Morgan fingerprint density at radius 2 is 2.00 bits per heavy atom. The van der Waals surface area contributed by atoms with Crippen molar-refractivity contribution < 1.29 is 28.6 Å². The summed E-state index contributed by atoms with van der Waals surface area (Å²) in [5.74, 6) is -1.83. The highest BCUT2D eigenvalue weighted by atomic mass is 16.6. The minimum absolute atomic E-state index is 0.0391. The number of fused-ring (bicyclic) bond motifs is 3. The van der Waals surface area contributed by atoms with Crippen LogP contribution in [0.3, 0.4) is 0 Å². The topological polar surface area (TPSA) is 82.1 Å². The molecule has 0 spiro atoms. The number of morpholine rings is 1. The highest BCUT2D eigenvalue weighted by Crippen LogP contribution is 2.62. The number of para-hydroxylation sites is 1. The van der Waals surface area contributed by atoms with Gasteiger partial charge >= 0.3 is 11.9 Å². The molecule has 7 heteroatoms. The molecule has 0 unspecified atom stereocenters. The zero-order valence-electron chi connectivity index (χ0n) is 14.6. The summed E-state index contributed by atoms with van der Waals surface area (Å²) < 4.78 is 15.9. The average molecular weight is 359 g/mol. The zero-order valence-corrected chi connectivity index (χ0v) is 14.6. The van der Waals surface area contributed by atoms with Gasteiger partial charge in [0.25, 0.3) is 0 Å². The normalized spacial score (nSPS) is 29.7. The van der Waals surface area contributed by atoms with Gasteiger partial charge in [-0.2, -0.15) is 0 Å². The number of carbonyl (C=O) groups is 3. The van der Waals surface area contributed by atoms with E-state index in [9.17, 15) is 14.4 Å². The maximum absolute atomic E-state index is 13.0. The van der Waals surface area contributed by atoms with Crippen molar-refractivity contribution in [2.45, 2.75) is 19.3 Å². The van der Waals surface area contributed by atoms with Crippen LogP contribution < -0.4 is 4.74 Å². The standard InChI is InChI=1S/C19H21NO6/c1-2-25-17(22)19-11-13(16(21)20-7-9-24-10-8-20)15(19)12-5-3-4-6-14(12)26-18(19)23/h3-6,13,15H,2,7-11H2,1H3/t13-,15-,19+/m1/s1. The van der Waals surface area contributed by atoms with E-state index in [0.29, 0.717) is 32.1 Å². The summed E-state index contributed by atoms with van der Waals surface area (Å²) in [6, 6.07) is 7.10. The van der Waals surface area contributed by atoms with Crippen LogP contribution in [0.25, 0.3) is 0 Å². The number of benzene rings is 1. The molecule has 3 aliphatic rings. The number of carbonyl (C=O) groups excluding carboxylic acids is 3. The van der Waals surface area contributed by atoms with Crippen LogP contribution >= 0.6 is 0 Å². The van der Waals surface area contributed by atoms with Crippen LogP contribution in [0, 0.1) is 11.3 Å². The summed E-state index contributed by atoms with van der Waals surface area (Å²) in [5, 5.41) is 0. The summed E-state index contributed by atoms with van der Waals surface area (Å²) in [6.07, 6.45) is 0.125. The molecule has 2 aliphatic heterocycles. The molecule has 7 nitrogen and oxygen atoms in total. The van der Waals surface area contributed by atoms with Crippen molar-refractivity contribution in [2.75, 3.05) is 32.9 Å². The molecule has 1 aromatic carbocycles. The Labute approximate surface area is 151 Å². The van der Waals surface area contributed by atoms with E-state index in [-0.39, 0.29) is 18.9 Å². The van der Waals surface area contributed by atoms with Crippen molar-refractivity contribution >= 4 is 17.8 Å². The van der Waals surface area contributed by atoms with Gasteiger partial charge in [0, 0.05) is 30.5 Å². The van der Waals surface area contributed by atoms with E-state index in [1.165, 1.54) is 0 Å². The first kappa shape index (κ1) is 17.0. The molecule has 0 bridgehead atoms. The minimum atomic E-state index is -1.42. The molecule has 2 fully saturated rings. The summed E-state index contributed by atoms with van der Waals surface area (Å²) in [5.41, 5.74) is -0.699. The number of rotatable bonds is 3. The average Bonchev–Trinajstić information content (AvgIpc) is 2.63. The van der Waals surface area contributed by atoms with Crippen molar-refractivity contribution in [3.8, 4) is 5.75 Å². The van der Waals surface area contributed by atoms with E-state index in [1.54, 1.807) is 24.0 Å². The first-order chi connectivity index (χ1) is 12.6. The lowest BCUT2D eigenvalue weighted by atomic mass is 9.50. The molecular formula is C19H21NO6. The van der Waals surface area contributed by atoms with Crippen molar-refractivity contribution in [1.82, 2.24) is 4.90 Å². The van der Waals surface area contributed by atoms with Crippen molar-refractivity contribution in [3.05, 3.63) is 29.8 Å². The molecule has 0 radical (unpaired) electrons. The lowest BCUT2D eigenvalue weighted by Crippen LogP contribution is -2.64.